The molecule has 1 atom stereocenters. The molecule has 0 amide bonds. The Hall–Kier alpha value is -1.22. The van der Waals surface area contributed by atoms with Gasteiger partial charge in [0.15, 0.2) is 6.29 Å². The minimum atomic E-state index is -0.0734. The van der Waals surface area contributed by atoms with E-state index in [2.05, 4.69) is 4.98 Å². The molecule has 11 heavy (non-hydrogen) atoms. The summed E-state index contributed by atoms with van der Waals surface area (Å²) >= 11 is 0. The van der Waals surface area contributed by atoms with Gasteiger partial charge < -0.3 is 5.73 Å². The van der Waals surface area contributed by atoms with Gasteiger partial charge in [-0.05, 0) is 19.1 Å². The summed E-state index contributed by atoms with van der Waals surface area (Å²) in [7, 11) is 0. The highest BCUT2D eigenvalue weighted by Gasteiger charge is 1.98. The average Bonchev–Trinajstić information content (AvgIpc) is 2.05. The molecule has 0 aliphatic rings. The molecule has 1 rings (SSSR count). The van der Waals surface area contributed by atoms with Gasteiger partial charge >= 0.3 is 0 Å². The lowest BCUT2D eigenvalue weighted by atomic mass is 10.2. The largest absolute Gasteiger partial charge is 0.323 e. The van der Waals surface area contributed by atoms with Crippen molar-refractivity contribution in [2.24, 2.45) is 5.73 Å². The van der Waals surface area contributed by atoms with Gasteiger partial charge in [0, 0.05) is 17.8 Å². The third-order valence-corrected chi connectivity index (χ3v) is 1.41. The molecule has 2 N–H and O–H groups in total. The molecule has 0 bridgehead atoms. The highest BCUT2D eigenvalue weighted by atomic mass is 16.1. The van der Waals surface area contributed by atoms with Gasteiger partial charge in [0.05, 0.1) is 5.69 Å². The number of nitrogens with two attached hydrogens (primary N) is 1. The number of hydrogen-bond donors (Lipinski definition) is 1. The van der Waals surface area contributed by atoms with Crippen molar-refractivity contribution in [2.45, 2.75) is 13.0 Å². The molecule has 1 unspecified atom stereocenters. The van der Waals surface area contributed by atoms with Gasteiger partial charge in [0.1, 0.15) is 0 Å². The van der Waals surface area contributed by atoms with E-state index in [1.807, 2.05) is 6.92 Å². The first-order valence-electron chi connectivity index (χ1n) is 3.40. The summed E-state index contributed by atoms with van der Waals surface area (Å²) in [5.41, 5.74) is 6.93. The number of hydrogen-bond acceptors (Lipinski definition) is 3. The van der Waals surface area contributed by atoms with E-state index in [9.17, 15) is 4.79 Å². The number of carbonyl (C=O) groups excluding carboxylic acids is 1. The number of carbonyl (C=O) groups is 1. The Labute approximate surface area is 65.2 Å². The summed E-state index contributed by atoms with van der Waals surface area (Å²) in [6.45, 7) is 1.85. The van der Waals surface area contributed by atoms with Gasteiger partial charge in [0.2, 0.25) is 0 Å². The second kappa shape index (κ2) is 3.25. The number of rotatable bonds is 2. The Balaban J connectivity index is 2.91. The van der Waals surface area contributed by atoms with E-state index in [4.69, 9.17) is 5.73 Å². The van der Waals surface area contributed by atoms with E-state index in [0.29, 0.717) is 5.56 Å². The Morgan fingerprint density at radius 3 is 2.73 bits per heavy atom. The van der Waals surface area contributed by atoms with Crippen LogP contribution in [0.25, 0.3) is 0 Å². The summed E-state index contributed by atoms with van der Waals surface area (Å²) in [6.07, 6.45) is 2.28. The van der Waals surface area contributed by atoms with Crippen LogP contribution in [-0.4, -0.2) is 11.3 Å². The van der Waals surface area contributed by atoms with Gasteiger partial charge in [-0.1, -0.05) is 0 Å². The zero-order valence-electron chi connectivity index (χ0n) is 6.32. The summed E-state index contributed by atoms with van der Waals surface area (Å²) < 4.78 is 0. The first kappa shape index (κ1) is 7.88. The Morgan fingerprint density at radius 2 is 2.36 bits per heavy atom. The topological polar surface area (TPSA) is 56.0 Å². The third-order valence-electron chi connectivity index (χ3n) is 1.41. The highest BCUT2D eigenvalue weighted by Crippen LogP contribution is 2.05. The van der Waals surface area contributed by atoms with Crippen LogP contribution in [0.5, 0.6) is 0 Å². The minimum absolute atomic E-state index is 0.0734. The fourth-order valence-electron chi connectivity index (χ4n) is 0.756. The Kier molecular flexibility index (Phi) is 2.33. The van der Waals surface area contributed by atoms with E-state index < -0.39 is 0 Å². The van der Waals surface area contributed by atoms with E-state index in [1.54, 1.807) is 12.1 Å². The zero-order chi connectivity index (χ0) is 8.27. The van der Waals surface area contributed by atoms with Crippen molar-refractivity contribution in [2.75, 3.05) is 0 Å². The first-order chi connectivity index (χ1) is 5.24. The molecule has 0 saturated heterocycles. The first-order valence-corrected chi connectivity index (χ1v) is 3.40. The molecule has 1 aromatic rings. The van der Waals surface area contributed by atoms with Crippen molar-refractivity contribution in [3.05, 3.63) is 29.6 Å². The van der Waals surface area contributed by atoms with Gasteiger partial charge in [-0.25, -0.2) is 0 Å². The fourth-order valence-corrected chi connectivity index (χ4v) is 0.756. The molecule has 3 nitrogen and oxygen atoms in total. The SMILES string of the molecule is CC(N)c1ccc(C=O)cn1. The molecule has 3 heteroatoms. The van der Waals surface area contributed by atoms with Crippen molar-refractivity contribution in [3.63, 3.8) is 0 Å². The molecule has 0 fully saturated rings. The van der Waals surface area contributed by atoms with Crippen LogP contribution in [0, 0.1) is 0 Å². The smallest absolute Gasteiger partial charge is 0.151 e. The second-order valence-electron chi connectivity index (χ2n) is 2.42. The van der Waals surface area contributed by atoms with Gasteiger partial charge in [-0.3, -0.25) is 9.78 Å². The molecular weight excluding hydrogens is 140 g/mol. The molecular formula is C8H10N2O. The lowest BCUT2D eigenvalue weighted by Gasteiger charge is -2.02. The van der Waals surface area contributed by atoms with Crippen LogP contribution in [-0.2, 0) is 0 Å². The van der Waals surface area contributed by atoms with Crippen molar-refractivity contribution in [1.29, 1.82) is 0 Å². The maximum Gasteiger partial charge on any atom is 0.151 e. The molecule has 0 spiro atoms. The van der Waals surface area contributed by atoms with Crippen LogP contribution in [0.3, 0.4) is 0 Å². The molecule has 0 aromatic carbocycles. The van der Waals surface area contributed by atoms with Crippen molar-refractivity contribution < 1.29 is 4.79 Å². The highest BCUT2D eigenvalue weighted by molar-refractivity contribution is 5.73. The molecule has 0 aliphatic heterocycles. The Morgan fingerprint density at radius 1 is 1.64 bits per heavy atom. The van der Waals surface area contributed by atoms with Crippen molar-refractivity contribution in [1.82, 2.24) is 4.98 Å². The lowest BCUT2D eigenvalue weighted by Crippen LogP contribution is -2.06. The summed E-state index contributed by atoms with van der Waals surface area (Å²) in [5.74, 6) is 0. The van der Waals surface area contributed by atoms with Gasteiger partial charge in [0.25, 0.3) is 0 Å². The fraction of sp³-hybridized carbons (Fsp3) is 0.250. The van der Waals surface area contributed by atoms with Gasteiger partial charge in [-0.2, -0.15) is 0 Å². The molecule has 1 heterocycles. The maximum atomic E-state index is 10.2. The van der Waals surface area contributed by atoms with Crippen LogP contribution >= 0.6 is 0 Å². The minimum Gasteiger partial charge on any atom is -0.323 e. The average molecular weight is 150 g/mol. The molecule has 0 saturated carbocycles. The summed E-state index contributed by atoms with van der Waals surface area (Å²) in [6, 6.07) is 3.39. The quantitative estimate of drug-likeness (QED) is 0.637. The van der Waals surface area contributed by atoms with Crippen LogP contribution in [0.2, 0.25) is 0 Å². The monoisotopic (exact) mass is 150 g/mol. The van der Waals surface area contributed by atoms with E-state index in [1.165, 1.54) is 6.20 Å². The predicted molar refractivity (Wildman–Crippen MR) is 42.2 cm³/mol. The molecule has 1 aromatic heterocycles. The number of aldehydes is 1. The Bertz CT molecular complexity index is 241. The van der Waals surface area contributed by atoms with E-state index >= 15 is 0 Å². The predicted octanol–water partition coefficient (Wildman–Crippen LogP) is 0.914. The second-order valence-corrected chi connectivity index (χ2v) is 2.42. The molecule has 0 aliphatic carbocycles. The third kappa shape index (κ3) is 1.85. The van der Waals surface area contributed by atoms with E-state index in [-0.39, 0.29) is 6.04 Å². The maximum absolute atomic E-state index is 10.2. The lowest BCUT2D eigenvalue weighted by molar-refractivity contribution is 0.112. The normalized spacial score (nSPS) is 12.5. The molecule has 58 valence electrons. The molecule has 0 radical (unpaired) electrons. The van der Waals surface area contributed by atoms with E-state index in [0.717, 1.165) is 12.0 Å². The van der Waals surface area contributed by atoms with Crippen LogP contribution in [0.15, 0.2) is 18.3 Å². The van der Waals surface area contributed by atoms with Crippen LogP contribution in [0.1, 0.15) is 29.0 Å². The van der Waals surface area contributed by atoms with Crippen LogP contribution in [0.4, 0.5) is 0 Å². The van der Waals surface area contributed by atoms with Crippen molar-refractivity contribution in [3.8, 4) is 0 Å². The number of aromatic nitrogens is 1. The van der Waals surface area contributed by atoms with Gasteiger partial charge in [-0.15, -0.1) is 0 Å². The summed E-state index contributed by atoms with van der Waals surface area (Å²) in [5, 5.41) is 0. The zero-order valence-corrected chi connectivity index (χ0v) is 6.32. The summed E-state index contributed by atoms with van der Waals surface area (Å²) in [4.78, 5) is 14.2. The number of pyridine rings is 1. The van der Waals surface area contributed by atoms with Crippen LogP contribution < -0.4 is 5.73 Å². The van der Waals surface area contributed by atoms with Crippen molar-refractivity contribution >= 4 is 6.29 Å². The number of nitrogens with zero attached hydrogens (tertiary/aromatic N) is 1. The standard InChI is InChI=1S/C8H10N2O/c1-6(9)8-3-2-7(5-11)4-10-8/h2-6H,9H2,1H3.